The topological polar surface area (TPSA) is 53.1 Å². The molecule has 0 spiro atoms. The van der Waals surface area contributed by atoms with Crippen LogP contribution in [0.2, 0.25) is 0 Å². The number of carboxylic acids is 1. The summed E-state index contributed by atoms with van der Waals surface area (Å²) in [7, 11) is 0. The SMILES string of the molecule is CC(C)C1CC[C@]2(C(=O)O)CC[C@]3(C)C(CCC4[C@@]5(C)Cc6c([nH]c7ccccc67)C(C)(C)C5CC[C@]43C)C12. The summed E-state index contributed by atoms with van der Waals surface area (Å²) >= 11 is 0. The van der Waals surface area contributed by atoms with Crippen molar-refractivity contribution in [3.63, 3.8) is 0 Å². The van der Waals surface area contributed by atoms with E-state index in [9.17, 15) is 9.90 Å². The number of fused-ring (bicyclic) bond motifs is 10. The number of benzene rings is 1. The number of aromatic amines is 1. The summed E-state index contributed by atoms with van der Waals surface area (Å²) in [4.78, 5) is 16.9. The molecular formula is C36H51NO2. The lowest BCUT2D eigenvalue weighted by molar-refractivity contribution is -0.230. The maximum Gasteiger partial charge on any atom is 0.309 e. The maximum atomic E-state index is 13.0. The van der Waals surface area contributed by atoms with Crippen molar-refractivity contribution in [1.29, 1.82) is 0 Å². The van der Waals surface area contributed by atoms with Crippen LogP contribution in [0.5, 0.6) is 0 Å². The van der Waals surface area contributed by atoms with Gasteiger partial charge in [-0.3, -0.25) is 4.79 Å². The van der Waals surface area contributed by atoms with Crippen LogP contribution in [0, 0.1) is 57.2 Å². The first-order chi connectivity index (χ1) is 18.3. The van der Waals surface area contributed by atoms with Crippen LogP contribution < -0.4 is 0 Å². The van der Waals surface area contributed by atoms with E-state index >= 15 is 0 Å². The van der Waals surface area contributed by atoms with Crippen LogP contribution in [0.25, 0.3) is 10.9 Å². The molecule has 2 aromatic rings. The molecule has 1 aromatic carbocycles. The number of carbonyl (C=O) groups is 1. The molecule has 7 rings (SSSR count). The highest BCUT2D eigenvalue weighted by Gasteiger charge is 2.72. The summed E-state index contributed by atoms with van der Waals surface area (Å²) in [5.41, 5.74) is 4.76. The molecule has 0 bridgehead atoms. The van der Waals surface area contributed by atoms with Gasteiger partial charge in [0, 0.05) is 22.0 Å². The van der Waals surface area contributed by atoms with Crippen molar-refractivity contribution >= 4 is 16.9 Å². The molecule has 3 nitrogen and oxygen atoms in total. The van der Waals surface area contributed by atoms with Gasteiger partial charge in [-0.25, -0.2) is 0 Å². The average molecular weight is 530 g/mol. The van der Waals surface area contributed by atoms with Crippen molar-refractivity contribution < 1.29 is 9.90 Å². The van der Waals surface area contributed by atoms with Crippen LogP contribution in [-0.2, 0) is 16.6 Å². The van der Waals surface area contributed by atoms with E-state index in [-0.39, 0.29) is 21.7 Å². The Balaban J connectivity index is 1.33. The fraction of sp³-hybridized carbons (Fsp3) is 0.750. The number of aromatic nitrogens is 1. The van der Waals surface area contributed by atoms with E-state index in [1.165, 1.54) is 48.7 Å². The van der Waals surface area contributed by atoms with Gasteiger partial charge in [0.25, 0.3) is 0 Å². The Labute approximate surface area is 235 Å². The van der Waals surface area contributed by atoms with Crippen molar-refractivity contribution in [2.24, 2.45) is 57.2 Å². The first-order valence-corrected chi connectivity index (χ1v) is 16.1. The summed E-state index contributed by atoms with van der Waals surface area (Å²) in [6, 6.07) is 8.97. The van der Waals surface area contributed by atoms with Crippen molar-refractivity contribution in [3.05, 3.63) is 35.5 Å². The normalized spacial score (nSPS) is 46.2. The fourth-order valence-corrected chi connectivity index (χ4v) is 13.0. The second kappa shape index (κ2) is 7.95. The minimum atomic E-state index is -0.485. The Kier molecular flexibility index (Phi) is 5.33. The molecular weight excluding hydrogens is 478 g/mol. The number of H-pyrrole nitrogens is 1. The average Bonchev–Trinajstić information content (AvgIpc) is 3.45. The van der Waals surface area contributed by atoms with Gasteiger partial charge in [-0.1, -0.05) is 66.7 Å². The van der Waals surface area contributed by atoms with Gasteiger partial charge in [-0.2, -0.15) is 0 Å². The zero-order chi connectivity index (χ0) is 27.8. The van der Waals surface area contributed by atoms with Gasteiger partial charge in [-0.15, -0.1) is 0 Å². The molecule has 3 heteroatoms. The predicted octanol–water partition coefficient (Wildman–Crippen LogP) is 9.00. The molecule has 5 unspecified atom stereocenters. The number of aliphatic carboxylic acids is 1. The lowest BCUT2D eigenvalue weighted by Crippen LogP contribution is -2.67. The summed E-state index contributed by atoms with van der Waals surface area (Å²) in [5.74, 6) is 2.88. The van der Waals surface area contributed by atoms with E-state index < -0.39 is 11.4 Å². The molecule has 5 aliphatic carbocycles. The zero-order valence-electron chi connectivity index (χ0n) is 25.5. The van der Waals surface area contributed by atoms with E-state index in [0.29, 0.717) is 35.5 Å². The smallest absolute Gasteiger partial charge is 0.309 e. The van der Waals surface area contributed by atoms with Crippen molar-refractivity contribution in [2.75, 3.05) is 0 Å². The molecule has 2 N–H and O–H groups in total. The Morgan fingerprint density at radius 3 is 2.36 bits per heavy atom. The zero-order valence-corrected chi connectivity index (χ0v) is 25.5. The van der Waals surface area contributed by atoms with E-state index in [0.717, 1.165) is 25.7 Å². The van der Waals surface area contributed by atoms with Gasteiger partial charge >= 0.3 is 5.97 Å². The molecule has 39 heavy (non-hydrogen) atoms. The highest BCUT2D eigenvalue weighted by Crippen LogP contribution is 2.77. The van der Waals surface area contributed by atoms with Crippen LogP contribution in [0.15, 0.2) is 24.3 Å². The first kappa shape index (κ1) is 26.1. The number of hydrogen-bond acceptors (Lipinski definition) is 1. The fourth-order valence-electron chi connectivity index (χ4n) is 13.0. The number of hydrogen-bond donors (Lipinski definition) is 2. The summed E-state index contributed by atoms with van der Waals surface area (Å²) < 4.78 is 0. The first-order valence-electron chi connectivity index (χ1n) is 16.1. The van der Waals surface area contributed by atoms with E-state index in [2.05, 4.69) is 77.7 Å². The quantitative estimate of drug-likeness (QED) is 0.408. The Morgan fingerprint density at radius 2 is 1.64 bits per heavy atom. The third kappa shape index (κ3) is 2.99. The van der Waals surface area contributed by atoms with Crippen LogP contribution in [0.4, 0.5) is 0 Å². The molecule has 0 saturated heterocycles. The van der Waals surface area contributed by atoms with Gasteiger partial charge in [0.05, 0.1) is 5.41 Å². The summed E-state index contributed by atoms with van der Waals surface area (Å²) in [6.07, 6.45) is 10.3. The Bertz CT molecular complexity index is 1340. The molecule has 1 aromatic heterocycles. The standard InChI is InChI=1S/C36H51NO2/c1-21(2)22-14-17-36(31(38)39)19-18-34(6)25(29(22)36)12-13-28-33(5)20-24-23-10-8-9-11-26(23)37-30(24)32(3,4)27(33)15-16-35(28,34)7/h8-11,21-22,25,27-29,37H,12-20H2,1-7H3,(H,38,39)/t22?,25?,27?,28?,29?,33-,34+,35+,36-/m0/s1. The Hall–Kier alpha value is -1.77. The van der Waals surface area contributed by atoms with Crippen LogP contribution in [0.1, 0.15) is 111 Å². The number of nitrogens with one attached hydrogen (secondary N) is 1. The van der Waals surface area contributed by atoms with Gasteiger partial charge in [-0.05, 0) is 121 Å². The van der Waals surface area contributed by atoms with Gasteiger partial charge < -0.3 is 10.1 Å². The molecule has 0 aliphatic heterocycles. The van der Waals surface area contributed by atoms with Crippen molar-refractivity contribution in [3.8, 4) is 0 Å². The molecule has 4 fully saturated rings. The number of para-hydroxylation sites is 1. The molecule has 5 aliphatic rings. The second-order valence-corrected chi connectivity index (χ2v) is 16.5. The van der Waals surface area contributed by atoms with Gasteiger partial charge in [0.1, 0.15) is 0 Å². The van der Waals surface area contributed by atoms with Crippen molar-refractivity contribution in [1.82, 2.24) is 4.98 Å². The summed E-state index contributed by atoms with van der Waals surface area (Å²) in [6.45, 7) is 17.7. The van der Waals surface area contributed by atoms with E-state index in [1.54, 1.807) is 5.56 Å². The summed E-state index contributed by atoms with van der Waals surface area (Å²) in [5, 5.41) is 12.1. The lowest BCUT2D eigenvalue weighted by atomic mass is 9.32. The van der Waals surface area contributed by atoms with Crippen molar-refractivity contribution in [2.45, 2.75) is 112 Å². The number of carboxylic acid groups (broad SMARTS) is 1. The molecule has 0 radical (unpaired) electrons. The highest BCUT2D eigenvalue weighted by molar-refractivity contribution is 5.85. The largest absolute Gasteiger partial charge is 0.481 e. The second-order valence-electron chi connectivity index (χ2n) is 16.5. The maximum absolute atomic E-state index is 13.0. The van der Waals surface area contributed by atoms with E-state index in [1.807, 2.05) is 0 Å². The number of rotatable bonds is 2. The molecule has 9 atom stereocenters. The lowest BCUT2D eigenvalue weighted by Gasteiger charge is -2.72. The van der Waals surface area contributed by atoms with Crippen LogP contribution in [0.3, 0.4) is 0 Å². The minimum absolute atomic E-state index is 0.125. The van der Waals surface area contributed by atoms with Gasteiger partial charge in [0.2, 0.25) is 0 Å². The van der Waals surface area contributed by atoms with E-state index in [4.69, 9.17) is 0 Å². The Morgan fingerprint density at radius 1 is 0.897 bits per heavy atom. The van der Waals surface area contributed by atoms with Crippen LogP contribution in [-0.4, -0.2) is 16.1 Å². The molecule has 4 saturated carbocycles. The third-order valence-electron chi connectivity index (χ3n) is 14.9. The molecule has 1 heterocycles. The van der Waals surface area contributed by atoms with Gasteiger partial charge in [0.15, 0.2) is 0 Å². The third-order valence-corrected chi connectivity index (χ3v) is 14.9. The predicted molar refractivity (Wildman–Crippen MR) is 159 cm³/mol. The monoisotopic (exact) mass is 529 g/mol. The van der Waals surface area contributed by atoms with Crippen LogP contribution >= 0.6 is 0 Å². The minimum Gasteiger partial charge on any atom is -0.481 e. The molecule has 212 valence electrons. The highest BCUT2D eigenvalue weighted by atomic mass is 16.4. The molecule has 0 amide bonds.